The molecule has 0 aliphatic carbocycles. The third-order valence-corrected chi connectivity index (χ3v) is 6.95. The molecule has 0 saturated carbocycles. The van der Waals surface area contributed by atoms with Crippen molar-refractivity contribution in [3.05, 3.63) is 95.1 Å². The molecule has 0 aromatic heterocycles. The van der Waals surface area contributed by atoms with Crippen molar-refractivity contribution in [3.63, 3.8) is 0 Å². The molecular formula is C26H25N3O5S. The Kier molecular flexibility index (Phi) is 6.70. The van der Waals surface area contributed by atoms with Crippen molar-refractivity contribution in [2.24, 2.45) is 4.99 Å². The first-order valence-corrected chi connectivity index (χ1v) is 12.5. The third kappa shape index (κ3) is 5.25. The van der Waals surface area contributed by atoms with E-state index in [2.05, 4.69) is 15.0 Å². The first-order valence-electron chi connectivity index (χ1n) is 11.0. The molecule has 0 spiro atoms. The molecule has 1 aliphatic heterocycles. The number of nitrogens with one attached hydrogen (secondary N) is 2. The molecule has 0 unspecified atom stereocenters. The van der Waals surface area contributed by atoms with Gasteiger partial charge in [0.15, 0.2) is 0 Å². The number of carbonyl (C=O) groups excluding carboxylic acids is 2. The topological polar surface area (TPSA) is 114 Å². The first-order chi connectivity index (χ1) is 16.7. The summed E-state index contributed by atoms with van der Waals surface area (Å²) in [4.78, 5) is 30.5. The van der Waals surface area contributed by atoms with E-state index >= 15 is 0 Å². The summed E-state index contributed by atoms with van der Waals surface area (Å²) in [6.45, 7) is 5.27. The predicted octanol–water partition coefficient (Wildman–Crippen LogP) is 3.65. The molecule has 3 aromatic rings. The van der Waals surface area contributed by atoms with Gasteiger partial charge >= 0.3 is 5.97 Å². The highest BCUT2D eigenvalue weighted by molar-refractivity contribution is 7.90. The highest BCUT2D eigenvalue weighted by atomic mass is 32.2. The zero-order chi connectivity index (χ0) is 25.2. The largest absolute Gasteiger partial charge is 0.446 e. The molecule has 1 amide bonds. The average molecular weight is 492 g/mol. The molecule has 2 N–H and O–H groups in total. The van der Waals surface area contributed by atoms with Crippen LogP contribution in [0.2, 0.25) is 0 Å². The van der Waals surface area contributed by atoms with Crippen LogP contribution in [0.25, 0.3) is 0 Å². The molecule has 0 radical (unpaired) electrons. The van der Waals surface area contributed by atoms with Crippen molar-refractivity contribution < 1.29 is 22.7 Å². The van der Waals surface area contributed by atoms with Crippen LogP contribution in [-0.2, 0) is 24.3 Å². The number of esters is 1. The summed E-state index contributed by atoms with van der Waals surface area (Å²) < 4.78 is 32.6. The molecule has 4 rings (SSSR count). The molecule has 35 heavy (non-hydrogen) atoms. The Morgan fingerprint density at radius 1 is 0.971 bits per heavy atom. The second-order valence-electron chi connectivity index (χ2n) is 8.29. The lowest BCUT2D eigenvalue weighted by Crippen LogP contribution is -2.31. The number of aryl methyl sites for hydroxylation is 2. The van der Waals surface area contributed by atoms with E-state index in [0.717, 1.165) is 11.1 Å². The van der Waals surface area contributed by atoms with Crippen LogP contribution in [0.15, 0.2) is 82.7 Å². The number of rotatable bonds is 6. The van der Waals surface area contributed by atoms with E-state index in [0.29, 0.717) is 16.8 Å². The van der Waals surface area contributed by atoms with Gasteiger partial charge in [0, 0.05) is 16.8 Å². The quantitative estimate of drug-likeness (QED) is 0.511. The van der Waals surface area contributed by atoms with Gasteiger partial charge in [-0.2, -0.15) is 0 Å². The van der Waals surface area contributed by atoms with E-state index in [-0.39, 0.29) is 10.7 Å². The molecule has 3 aromatic carbocycles. The van der Waals surface area contributed by atoms with Crippen molar-refractivity contribution in [3.8, 4) is 0 Å². The molecule has 1 heterocycles. The number of benzene rings is 3. The Labute approximate surface area is 204 Å². The number of hydrogen-bond acceptors (Lipinski definition) is 6. The molecule has 0 bridgehead atoms. The number of sulfonamides is 1. The van der Waals surface area contributed by atoms with E-state index in [1.54, 1.807) is 48.5 Å². The lowest BCUT2D eigenvalue weighted by molar-refractivity contribution is -0.155. The van der Waals surface area contributed by atoms with Gasteiger partial charge in [-0.15, -0.1) is 0 Å². The standard InChI is InChI=1S/C26H25N3O5S/c1-16-13-14-17(2)21(15-16)28-25(30)23(19-9-5-4-6-10-19)34-26(31)18(3)27-24-20-11-7-8-12-22(20)35(32,33)29-24/h4-15,18,23H,1-3H3,(H,27,29)(H,28,30)/t18-,23-/m1/s1. The fourth-order valence-electron chi connectivity index (χ4n) is 3.66. The minimum atomic E-state index is -3.74. The van der Waals surface area contributed by atoms with Crippen molar-refractivity contribution in [1.29, 1.82) is 0 Å². The maximum atomic E-state index is 13.2. The number of fused-ring (bicyclic) bond motifs is 1. The van der Waals surface area contributed by atoms with E-state index in [4.69, 9.17) is 4.74 Å². The van der Waals surface area contributed by atoms with Crippen molar-refractivity contribution >= 4 is 33.4 Å². The smallest absolute Gasteiger partial charge is 0.331 e. The number of nitrogens with zero attached hydrogens (tertiary/aromatic N) is 1. The number of amidine groups is 1. The summed E-state index contributed by atoms with van der Waals surface area (Å²) in [6.07, 6.45) is -1.22. The second kappa shape index (κ2) is 9.71. The third-order valence-electron chi connectivity index (χ3n) is 5.55. The van der Waals surface area contributed by atoms with Gasteiger partial charge in [-0.05, 0) is 50.1 Å². The molecule has 0 fully saturated rings. The van der Waals surface area contributed by atoms with Crippen LogP contribution in [0.4, 0.5) is 5.69 Å². The van der Waals surface area contributed by atoms with Crippen molar-refractivity contribution in [2.75, 3.05) is 5.32 Å². The van der Waals surface area contributed by atoms with E-state index in [9.17, 15) is 18.0 Å². The van der Waals surface area contributed by atoms with Gasteiger partial charge in [0.25, 0.3) is 15.9 Å². The van der Waals surface area contributed by atoms with Gasteiger partial charge in [0.1, 0.15) is 11.9 Å². The van der Waals surface area contributed by atoms with Crippen LogP contribution in [-0.4, -0.2) is 32.2 Å². The Morgan fingerprint density at radius 2 is 1.66 bits per heavy atom. The Balaban J connectivity index is 1.58. The number of aliphatic imine (C=N–C) groups is 1. The molecule has 180 valence electrons. The van der Waals surface area contributed by atoms with E-state index in [1.165, 1.54) is 13.0 Å². The Hall–Kier alpha value is -3.98. The van der Waals surface area contributed by atoms with Gasteiger partial charge in [-0.25, -0.2) is 13.2 Å². The molecule has 8 nitrogen and oxygen atoms in total. The van der Waals surface area contributed by atoms with Gasteiger partial charge in [-0.3, -0.25) is 14.5 Å². The second-order valence-corrected chi connectivity index (χ2v) is 9.94. The maximum absolute atomic E-state index is 13.2. The van der Waals surface area contributed by atoms with Crippen molar-refractivity contribution in [1.82, 2.24) is 4.72 Å². The summed E-state index contributed by atoms with van der Waals surface area (Å²) in [7, 11) is -3.74. The summed E-state index contributed by atoms with van der Waals surface area (Å²) in [6, 6.07) is 19.6. The average Bonchev–Trinajstić information content (AvgIpc) is 3.10. The fourth-order valence-corrected chi connectivity index (χ4v) is 4.90. The predicted molar refractivity (Wildman–Crippen MR) is 133 cm³/mol. The molecule has 1 aliphatic rings. The lowest BCUT2D eigenvalue weighted by Gasteiger charge is -2.20. The minimum Gasteiger partial charge on any atom is -0.446 e. The fraction of sp³-hybridized carbons (Fsp3) is 0.192. The number of ether oxygens (including phenoxy) is 1. The number of carbonyl (C=O) groups is 2. The summed E-state index contributed by atoms with van der Waals surface area (Å²) >= 11 is 0. The highest BCUT2D eigenvalue weighted by Crippen LogP contribution is 2.25. The van der Waals surface area contributed by atoms with Crippen LogP contribution >= 0.6 is 0 Å². The number of hydrogen-bond donors (Lipinski definition) is 2. The van der Waals surface area contributed by atoms with E-state index < -0.39 is 34.0 Å². The lowest BCUT2D eigenvalue weighted by atomic mass is 10.1. The van der Waals surface area contributed by atoms with Gasteiger partial charge in [0.05, 0.1) is 4.90 Å². The summed E-state index contributed by atoms with van der Waals surface area (Å²) in [5, 5.41) is 2.85. The normalized spacial score (nSPS) is 16.6. The molecular weight excluding hydrogens is 466 g/mol. The van der Waals surface area contributed by atoms with Crippen LogP contribution in [0.3, 0.4) is 0 Å². The minimum absolute atomic E-state index is 0.0566. The highest BCUT2D eigenvalue weighted by Gasteiger charge is 2.32. The number of amides is 1. The Morgan fingerprint density at radius 3 is 2.40 bits per heavy atom. The van der Waals surface area contributed by atoms with Crippen LogP contribution in [0.5, 0.6) is 0 Å². The van der Waals surface area contributed by atoms with Crippen molar-refractivity contribution in [2.45, 2.75) is 37.8 Å². The van der Waals surface area contributed by atoms with Crippen LogP contribution in [0.1, 0.15) is 35.3 Å². The van der Waals surface area contributed by atoms with E-state index in [1.807, 2.05) is 32.0 Å². The molecule has 2 atom stereocenters. The SMILES string of the molecule is Cc1ccc(C)c(NC(=O)[C@H](OC(=O)[C@@H](C)N=C2NS(=O)(=O)c3ccccc32)c2ccccc2)c1. The van der Waals surface area contributed by atoms with Crippen LogP contribution < -0.4 is 10.0 Å². The maximum Gasteiger partial charge on any atom is 0.331 e. The summed E-state index contributed by atoms with van der Waals surface area (Å²) in [5.41, 5.74) is 3.34. The van der Waals surface area contributed by atoms with Gasteiger partial charge in [0.2, 0.25) is 6.10 Å². The van der Waals surface area contributed by atoms with Gasteiger partial charge < -0.3 is 10.1 Å². The number of anilines is 1. The molecule has 0 saturated heterocycles. The first kappa shape index (κ1) is 24.2. The Bertz CT molecular complexity index is 1420. The monoisotopic (exact) mass is 491 g/mol. The van der Waals surface area contributed by atoms with Crippen LogP contribution in [0, 0.1) is 13.8 Å². The summed E-state index contributed by atoms with van der Waals surface area (Å²) in [5.74, 6) is -1.22. The zero-order valence-corrected chi connectivity index (χ0v) is 20.3. The zero-order valence-electron chi connectivity index (χ0n) is 19.5. The van der Waals surface area contributed by atoms with Gasteiger partial charge in [-0.1, -0.05) is 54.6 Å². The molecule has 9 heteroatoms.